The summed E-state index contributed by atoms with van der Waals surface area (Å²) < 4.78 is 43.6. The molecule has 1 aliphatic carbocycles. The van der Waals surface area contributed by atoms with E-state index in [-0.39, 0.29) is 10.9 Å². The van der Waals surface area contributed by atoms with E-state index in [1.807, 2.05) is 0 Å². The molecule has 8 heteroatoms. The highest BCUT2D eigenvalue weighted by atomic mass is 35.5. The molecule has 1 aromatic carbocycles. The van der Waals surface area contributed by atoms with E-state index in [9.17, 15) is 22.8 Å². The summed E-state index contributed by atoms with van der Waals surface area (Å²) in [6.45, 7) is 1.30. The Bertz CT molecular complexity index is 599. The van der Waals surface area contributed by atoms with Gasteiger partial charge in [-0.05, 0) is 38.0 Å². The zero-order valence-corrected chi connectivity index (χ0v) is 12.3. The van der Waals surface area contributed by atoms with Crippen molar-refractivity contribution in [2.24, 2.45) is 5.92 Å². The summed E-state index contributed by atoms with van der Waals surface area (Å²) in [6, 6.07) is 3.00. The van der Waals surface area contributed by atoms with E-state index in [1.54, 1.807) is 0 Å². The molecule has 2 rings (SSSR count). The Kier molecular flexibility index (Phi) is 4.65. The highest BCUT2D eigenvalue weighted by Gasteiger charge is 2.36. The molecule has 0 radical (unpaired) electrons. The molecular formula is C14H13ClF3NO3. The highest BCUT2D eigenvalue weighted by Crippen LogP contribution is 2.36. The number of halogens is 4. The lowest BCUT2D eigenvalue weighted by Gasteiger charge is -2.17. The summed E-state index contributed by atoms with van der Waals surface area (Å²) in [5.74, 6) is -1.53. The third-order valence-electron chi connectivity index (χ3n) is 3.12. The van der Waals surface area contributed by atoms with Gasteiger partial charge in [-0.25, -0.2) is 0 Å². The Hall–Kier alpha value is -1.76. The van der Waals surface area contributed by atoms with Gasteiger partial charge < -0.3 is 10.1 Å². The zero-order valence-electron chi connectivity index (χ0n) is 11.5. The van der Waals surface area contributed by atoms with Crippen molar-refractivity contribution in [2.45, 2.75) is 32.0 Å². The van der Waals surface area contributed by atoms with E-state index in [0.717, 1.165) is 12.1 Å². The molecule has 1 fully saturated rings. The Labute approximate surface area is 129 Å². The third-order valence-corrected chi connectivity index (χ3v) is 3.35. The molecule has 0 aliphatic heterocycles. The van der Waals surface area contributed by atoms with Crippen molar-refractivity contribution in [1.82, 2.24) is 0 Å². The summed E-state index contributed by atoms with van der Waals surface area (Å²) in [7, 11) is 0. The van der Waals surface area contributed by atoms with E-state index in [2.05, 4.69) is 5.32 Å². The summed E-state index contributed by atoms with van der Waals surface area (Å²) in [5, 5.41) is 2.02. The minimum Gasteiger partial charge on any atom is -0.452 e. The van der Waals surface area contributed by atoms with Crippen molar-refractivity contribution in [3.05, 3.63) is 28.8 Å². The normalized spacial score (nSPS) is 16.0. The standard InChI is InChI=1S/C14H13ClF3NO3/c1-7(22-13(21)8-2-3-8)12(20)19-11-5-4-9(15)6-10(11)14(16,17)18/h4-8H,2-3H2,1H3,(H,19,20)/t7-/m1/s1. The lowest BCUT2D eigenvalue weighted by molar-refractivity contribution is -0.154. The number of ether oxygens (including phenoxy) is 1. The number of hydrogen-bond donors (Lipinski definition) is 1. The monoisotopic (exact) mass is 335 g/mol. The van der Waals surface area contributed by atoms with Crippen molar-refractivity contribution < 1.29 is 27.5 Å². The maximum absolute atomic E-state index is 12.9. The Balaban J connectivity index is 2.09. The van der Waals surface area contributed by atoms with Crippen LogP contribution >= 0.6 is 11.6 Å². The van der Waals surface area contributed by atoms with Gasteiger partial charge in [-0.1, -0.05) is 11.6 Å². The number of rotatable bonds is 4. The van der Waals surface area contributed by atoms with Gasteiger partial charge in [-0.2, -0.15) is 13.2 Å². The fourth-order valence-corrected chi connectivity index (χ4v) is 1.91. The molecule has 120 valence electrons. The van der Waals surface area contributed by atoms with Crippen LogP contribution in [0.4, 0.5) is 18.9 Å². The van der Waals surface area contributed by atoms with Gasteiger partial charge in [0.15, 0.2) is 6.10 Å². The van der Waals surface area contributed by atoms with Crippen LogP contribution in [0.2, 0.25) is 5.02 Å². The average Bonchev–Trinajstić information content (AvgIpc) is 3.23. The maximum Gasteiger partial charge on any atom is 0.418 e. The van der Waals surface area contributed by atoms with Gasteiger partial charge in [0.1, 0.15) is 0 Å². The number of carbonyl (C=O) groups excluding carboxylic acids is 2. The second-order valence-corrected chi connectivity index (χ2v) is 5.47. The van der Waals surface area contributed by atoms with Gasteiger partial charge >= 0.3 is 12.1 Å². The van der Waals surface area contributed by atoms with Crippen molar-refractivity contribution in [2.75, 3.05) is 5.32 Å². The largest absolute Gasteiger partial charge is 0.452 e. The van der Waals surface area contributed by atoms with Crippen LogP contribution in [0.3, 0.4) is 0 Å². The number of hydrogen-bond acceptors (Lipinski definition) is 3. The zero-order chi connectivity index (χ0) is 16.5. The molecule has 4 nitrogen and oxygen atoms in total. The van der Waals surface area contributed by atoms with E-state index >= 15 is 0 Å². The van der Waals surface area contributed by atoms with Gasteiger partial charge in [-0.3, -0.25) is 9.59 Å². The molecule has 1 atom stereocenters. The Morgan fingerprint density at radius 1 is 1.36 bits per heavy atom. The predicted molar refractivity (Wildman–Crippen MR) is 73.4 cm³/mol. The molecule has 22 heavy (non-hydrogen) atoms. The first-order valence-electron chi connectivity index (χ1n) is 6.56. The highest BCUT2D eigenvalue weighted by molar-refractivity contribution is 6.30. The topological polar surface area (TPSA) is 55.4 Å². The van der Waals surface area contributed by atoms with Crippen LogP contribution in [0.1, 0.15) is 25.3 Å². The van der Waals surface area contributed by atoms with Crippen LogP contribution in [-0.2, 0) is 20.5 Å². The number of carbonyl (C=O) groups is 2. The number of nitrogens with one attached hydrogen (secondary N) is 1. The van der Waals surface area contributed by atoms with Crippen LogP contribution < -0.4 is 5.32 Å². The number of anilines is 1. The molecule has 0 aromatic heterocycles. The molecule has 0 unspecified atom stereocenters. The molecule has 1 saturated carbocycles. The molecule has 0 spiro atoms. The molecule has 1 aliphatic rings. The lowest BCUT2D eigenvalue weighted by Crippen LogP contribution is -2.31. The van der Waals surface area contributed by atoms with Gasteiger partial charge in [0.25, 0.3) is 5.91 Å². The Morgan fingerprint density at radius 3 is 2.55 bits per heavy atom. The predicted octanol–water partition coefficient (Wildman–Crippen LogP) is 3.64. The second-order valence-electron chi connectivity index (χ2n) is 5.03. The van der Waals surface area contributed by atoms with Crippen molar-refractivity contribution in [3.8, 4) is 0 Å². The average molecular weight is 336 g/mol. The van der Waals surface area contributed by atoms with Gasteiger partial charge in [0, 0.05) is 5.02 Å². The van der Waals surface area contributed by atoms with Crippen LogP contribution in [0.5, 0.6) is 0 Å². The minimum absolute atomic E-state index is 0.0986. The fraction of sp³-hybridized carbons (Fsp3) is 0.429. The van der Waals surface area contributed by atoms with Gasteiger partial charge in [0.2, 0.25) is 0 Å². The summed E-state index contributed by atoms with van der Waals surface area (Å²) in [6.07, 6.45) is -4.42. The molecule has 0 bridgehead atoms. The molecule has 0 saturated heterocycles. The summed E-state index contributed by atoms with van der Waals surface area (Å²) in [4.78, 5) is 23.3. The van der Waals surface area contributed by atoms with Gasteiger partial charge in [-0.15, -0.1) is 0 Å². The van der Waals surface area contributed by atoms with Gasteiger partial charge in [0.05, 0.1) is 17.2 Å². The first-order chi connectivity index (χ1) is 10.2. The molecule has 0 heterocycles. The van der Waals surface area contributed by atoms with E-state index in [1.165, 1.54) is 13.0 Å². The molecule has 1 amide bonds. The van der Waals surface area contributed by atoms with E-state index in [0.29, 0.717) is 12.8 Å². The quantitative estimate of drug-likeness (QED) is 0.855. The maximum atomic E-state index is 12.9. The number of benzene rings is 1. The van der Waals surface area contributed by atoms with Crippen LogP contribution in [-0.4, -0.2) is 18.0 Å². The fourth-order valence-electron chi connectivity index (χ4n) is 1.74. The summed E-state index contributed by atoms with van der Waals surface area (Å²) >= 11 is 5.55. The lowest BCUT2D eigenvalue weighted by atomic mass is 10.1. The molecular weight excluding hydrogens is 323 g/mol. The molecule has 1 aromatic rings. The SMILES string of the molecule is C[C@@H](OC(=O)C1CC1)C(=O)Nc1ccc(Cl)cc1C(F)(F)F. The number of alkyl halides is 3. The minimum atomic E-state index is -4.67. The Morgan fingerprint density at radius 2 is 2.00 bits per heavy atom. The van der Waals surface area contributed by atoms with Crippen LogP contribution in [0, 0.1) is 5.92 Å². The van der Waals surface area contributed by atoms with Crippen LogP contribution in [0.15, 0.2) is 18.2 Å². The van der Waals surface area contributed by atoms with E-state index in [4.69, 9.17) is 16.3 Å². The van der Waals surface area contributed by atoms with Crippen molar-refractivity contribution in [3.63, 3.8) is 0 Å². The van der Waals surface area contributed by atoms with E-state index < -0.39 is 35.4 Å². The third kappa shape index (κ3) is 4.13. The second kappa shape index (κ2) is 6.16. The molecule has 1 N–H and O–H groups in total. The smallest absolute Gasteiger partial charge is 0.418 e. The first kappa shape index (κ1) is 16.6. The summed E-state index contributed by atoms with van der Waals surface area (Å²) in [5.41, 5.74) is -1.50. The number of amides is 1. The van der Waals surface area contributed by atoms with Crippen molar-refractivity contribution >= 4 is 29.2 Å². The van der Waals surface area contributed by atoms with Crippen molar-refractivity contribution in [1.29, 1.82) is 0 Å². The van der Waals surface area contributed by atoms with Crippen LogP contribution in [0.25, 0.3) is 0 Å². The number of esters is 1. The first-order valence-corrected chi connectivity index (χ1v) is 6.94.